The number of aliphatic hydroxyl groups excluding tert-OH is 1. The molecule has 5 aliphatic rings. The molecular formula is C28H41N3O4S. The van der Waals surface area contributed by atoms with Gasteiger partial charge in [-0.15, -0.1) is 11.8 Å². The number of rotatable bonds is 7. The van der Waals surface area contributed by atoms with E-state index in [-0.39, 0.29) is 30.4 Å². The highest BCUT2D eigenvalue weighted by Gasteiger charge is 2.73. The van der Waals surface area contributed by atoms with Gasteiger partial charge in [-0.2, -0.15) is 0 Å². The summed E-state index contributed by atoms with van der Waals surface area (Å²) in [5.74, 6) is -1.04. The summed E-state index contributed by atoms with van der Waals surface area (Å²) < 4.78 is -1.30. The first-order valence-corrected chi connectivity index (χ1v) is 14.8. The van der Waals surface area contributed by atoms with E-state index >= 15 is 0 Å². The lowest BCUT2D eigenvalue weighted by atomic mass is 9.74. The zero-order valence-corrected chi connectivity index (χ0v) is 22.5. The maximum Gasteiger partial charge on any atom is 0.247 e. The van der Waals surface area contributed by atoms with E-state index in [0.29, 0.717) is 39.0 Å². The Balaban J connectivity index is 1.57. The Morgan fingerprint density at radius 2 is 1.69 bits per heavy atom. The number of likely N-dealkylation sites (tertiary alicyclic amines) is 1. The zero-order valence-electron chi connectivity index (χ0n) is 21.7. The molecule has 3 amide bonds. The first-order valence-electron chi connectivity index (χ1n) is 13.9. The van der Waals surface area contributed by atoms with Gasteiger partial charge in [0.05, 0.1) is 16.6 Å². The van der Waals surface area contributed by atoms with Gasteiger partial charge < -0.3 is 19.8 Å². The van der Waals surface area contributed by atoms with Crippen molar-refractivity contribution in [2.75, 3.05) is 32.8 Å². The summed E-state index contributed by atoms with van der Waals surface area (Å²) in [5, 5.41) is 9.39. The highest BCUT2D eigenvalue weighted by atomic mass is 32.2. The van der Waals surface area contributed by atoms with Crippen LogP contribution >= 0.6 is 11.8 Å². The molecule has 1 aliphatic carbocycles. The Hall–Kier alpha value is -1.80. The zero-order chi connectivity index (χ0) is 25.5. The van der Waals surface area contributed by atoms with Crippen LogP contribution in [0.25, 0.3) is 0 Å². The summed E-state index contributed by atoms with van der Waals surface area (Å²) in [7, 11) is 0. The van der Waals surface area contributed by atoms with E-state index in [1.807, 2.05) is 9.80 Å². The number of hydrogen-bond donors (Lipinski definition) is 1. The van der Waals surface area contributed by atoms with E-state index in [2.05, 4.69) is 38.2 Å². The van der Waals surface area contributed by atoms with Crippen molar-refractivity contribution in [3.8, 4) is 0 Å². The monoisotopic (exact) mass is 515 g/mol. The van der Waals surface area contributed by atoms with Gasteiger partial charge in [0.15, 0.2) is 0 Å². The SMILES string of the molecule is CCCN1CC=C[C@@]2(C)S[C@]34C=CCN(C5CCCCC5)C(=O)C3N(CCCCO)C(=O)[C@@H]4[C@H]2C1=O. The molecule has 198 valence electrons. The van der Waals surface area contributed by atoms with Gasteiger partial charge in [0.2, 0.25) is 17.7 Å². The molecule has 5 atom stereocenters. The Morgan fingerprint density at radius 1 is 0.944 bits per heavy atom. The largest absolute Gasteiger partial charge is 0.396 e. The molecule has 5 rings (SSSR count). The molecule has 8 heteroatoms. The summed E-state index contributed by atoms with van der Waals surface area (Å²) in [6, 6.07) is -0.391. The molecule has 1 saturated carbocycles. The molecule has 0 radical (unpaired) electrons. The average Bonchev–Trinajstić information content (AvgIpc) is 3.13. The van der Waals surface area contributed by atoms with Crippen molar-refractivity contribution in [1.29, 1.82) is 0 Å². The van der Waals surface area contributed by atoms with E-state index in [1.165, 1.54) is 6.42 Å². The lowest BCUT2D eigenvalue weighted by Gasteiger charge is -2.40. The first kappa shape index (κ1) is 25.8. The van der Waals surface area contributed by atoms with Crippen molar-refractivity contribution in [2.45, 2.75) is 86.8 Å². The van der Waals surface area contributed by atoms with Crippen LogP contribution in [0.5, 0.6) is 0 Å². The Labute approximate surface area is 219 Å². The third-order valence-corrected chi connectivity index (χ3v) is 10.8. The molecule has 36 heavy (non-hydrogen) atoms. The normalized spacial score (nSPS) is 36.7. The molecular weight excluding hydrogens is 474 g/mol. The average molecular weight is 516 g/mol. The maximum absolute atomic E-state index is 14.4. The van der Waals surface area contributed by atoms with Gasteiger partial charge in [0.25, 0.3) is 0 Å². The van der Waals surface area contributed by atoms with Crippen molar-refractivity contribution in [3.63, 3.8) is 0 Å². The van der Waals surface area contributed by atoms with Crippen LogP contribution in [0.3, 0.4) is 0 Å². The summed E-state index contributed by atoms with van der Waals surface area (Å²) in [5.41, 5.74) is 0. The molecule has 1 N–H and O–H groups in total. The van der Waals surface area contributed by atoms with E-state index in [0.717, 1.165) is 32.1 Å². The summed E-state index contributed by atoms with van der Waals surface area (Å²) in [6.45, 7) is 6.46. The van der Waals surface area contributed by atoms with Gasteiger partial charge in [-0.1, -0.05) is 50.5 Å². The second-order valence-corrected chi connectivity index (χ2v) is 13.1. The molecule has 3 fully saturated rings. The number of fused-ring (bicyclic) bond motifs is 2. The smallest absolute Gasteiger partial charge is 0.247 e. The van der Waals surface area contributed by atoms with Gasteiger partial charge in [0, 0.05) is 43.6 Å². The number of thioether (sulfide) groups is 1. The topological polar surface area (TPSA) is 81.2 Å². The number of carbonyl (C=O) groups excluding carboxylic acids is 3. The number of amides is 3. The molecule has 4 aliphatic heterocycles. The second-order valence-electron chi connectivity index (χ2n) is 11.3. The molecule has 1 unspecified atom stereocenters. The standard InChI is InChI=1S/C28H41N3O4S/c1-3-15-29-16-9-13-27(2)21(24(29)33)22-25(34)31(17-7-8-19-32)23-26(35)30(20-11-5-4-6-12-20)18-10-14-28(22,23)36-27/h9-10,13-14,20-23,32H,3-8,11-12,15-19H2,1-2H3/t21-,22-,23?,27+,28-/m0/s1. The minimum atomic E-state index is -0.758. The van der Waals surface area contributed by atoms with Crippen LogP contribution in [-0.2, 0) is 14.4 Å². The predicted molar refractivity (Wildman–Crippen MR) is 141 cm³/mol. The number of hydrogen-bond acceptors (Lipinski definition) is 5. The van der Waals surface area contributed by atoms with Crippen LogP contribution < -0.4 is 0 Å². The lowest BCUT2D eigenvalue weighted by Crippen LogP contribution is -2.55. The number of nitrogens with zero attached hydrogens (tertiary/aromatic N) is 3. The van der Waals surface area contributed by atoms with Crippen molar-refractivity contribution in [2.24, 2.45) is 11.8 Å². The maximum atomic E-state index is 14.4. The van der Waals surface area contributed by atoms with E-state index < -0.39 is 27.4 Å². The predicted octanol–water partition coefficient (Wildman–Crippen LogP) is 2.99. The fourth-order valence-corrected chi connectivity index (χ4v) is 9.57. The number of aliphatic hydroxyl groups is 1. The highest BCUT2D eigenvalue weighted by Crippen LogP contribution is 2.65. The molecule has 4 heterocycles. The number of carbonyl (C=O) groups is 3. The van der Waals surface area contributed by atoms with E-state index in [4.69, 9.17) is 0 Å². The van der Waals surface area contributed by atoms with Gasteiger partial charge in [0.1, 0.15) is 6.04 Å². The van der Waals surface area contributed by atoms with Crippen molar-refractivity contribution in [3.05, 3.63) is 24.3 Å². The second kappa shape index (κ2) is 10.2. The third-order valence-electron chi connectivity index (χ3n) is 8.99. The fraction of sp³-hybridized carbons (Fsp3) is 0.750. The van der Waals surface area contributed by atoms with E-state index in [9.17, 15) is 19.5 Å². The van der Waals surface area contributed by atoms with Gasteiger partial charge in [-0.3, -0.25) is 14.4 Å². The minimum absolute atomic E-state index is 0.0391. The van der Waals surface area contributed by atoms with Gasteiger partial charge >= 0.3 is 0 Å². The van der Waals surface area contributed by atoms with Gasteiger partial charge in [-0.05, 0) is 39.0 Å². The summed E-state index contributed by atoms with van der Waals surface area (Å²) in [4.78, 5) is 48.3. The van der Waals surface area contributed by atoms with Crippen LogP contribution in [0.15, 0.2) is 24.3 Å². The van der Waals surface area contributed by atoms with Crippen molar-refractivity contribution < 1.29 is 19.5 Å². The number of unbranched alkanes of at least 4 members (excludes halogenated alkanes) is 1. The van der Waals surface area contributed by atoms with Crippen LogP contribution in [0.4, 0.5) is 0 Å². The lowest BCUT2D eigenvalue weighted by molar-refractivity contribution is -0.145. The molecule has 7 nitrogen and oxygen atoms in total. The van der Waals surface area contributed by atoms with Crippen LogP contribution in [0, 0.1) is 11.8 Å². The van der Waals surface area contributed by atoms with Crippen LogP contribution in [0.2, 0.25) is 0 Å². The molecule has 0 aromatic carbocycles. The summed E-state index contributed by atoms with van der Waals surface area (Å²) in [6.07, 6.45) is 16.1. The summed E-state index contributed by atoms with van der Waals surface area (Å²) >= 11 is 1.67. The molecule has 0 aromatic rings. The fourth-order valence-electron chi connectivity index (χ4n) is 7.42. The minimum Gasteiger partial charge on any atom is -0.396 e. The quantitative estimate of drug-likeness (QED) is 0.417. The Kier molecular flexibility index (Phi) is 7.29. The molecule has 2 saturated heterocycles. The van der Waals surface area contributed by atoms with Gasteiger partial charge in [-0.25, -0.2) is 0 Å². The Morgan fingerprint density at radius 3 is 2.42 bits per heavy atom. The van der Waals surface area contributed by atoms with Crippen LogP contribution in [0.1, 0.15) is 65.2 Å². The van der Waals surface area contributed by atoms with Crippen LogP contribution in [-0.4, -0.2) is 91.9 Å². The first-order chi connectivity index (χ1) is 17.4. The molecule has 0 aromatic heterocycles. The Bertz CT molecular complexity index is 947. The van der Waals surface area contributed by atoms with E-state index in [1.54, 1.807) is 16.7 Å². The molecule has 1 spiro atoms. The van der Waals surface area contributed by atoms with Crippen molar-refractivity contribution >= 4 is 29.5 Å². The highest BCUT2D eigenvalue weighted by molar-refractivity contribution is 8.02. The van der Waals surface area contributed by atoms with Crippen molar-refractivity contribution in [1.82, 2.24) is 14.7 Å². The molecule has 0 bridgehead atoms. The third kappa shape index (κ3) is 4.03.